The number of benzene rings is 1. The Balaban J connectivity index is 1.51. The molecule has 0 atom stereocenters. The third kappa shape index (κ3) is 2.84. The van der Waals surface area contributed by atoms with Gasteiger partial charge in [-0.1, -0.05) is 5.21 Å². The lowest BCUT2D eigenvalue weighted by Gasteiger charge is -2.37. The number of aromatic nitrogens is 3. The molecule has 1 aliphatic carbocycles. The topological polar surface area (TPSA) is 120 Å². The summed E-state index contributed by atoms with van der Waals surface area (Å²) in [5.41, 5.74) is 6.33. The zero-order chi connectivity index (χ0) is 18.5. The van der Waals surface area contributed by atoms with Crippen molar-refractivity contribution in [1.29, 1.82) is 0 Å². The van der Waals surface area contributed by atoms with Gasteiger partial charge in [0, 0.05) is 25.2 Å². The lowest BCUT2D eigenvalue weighted by atomic mass is 10.2. The van der Waals surface area contributed by atoms with Crippen molar-refractivity contribution >= 4 is 15.9 Å². The highest BCUT2D eigenvalue weighted by atomic mass is 32.2. The summed E-state index contributed by atoms with van der Waals surface area (Å²) < 4.78 is 33.7. The van der Waals surface area contributed by atoms with Crippen molar-refractivity contribution in [2.75, 3.05) is 20.2 Å². The third-order valence-electron chi connectivity index (χ3n) is 4.80. The van der Waals surface area contributed by atoms with Crippen LogP contribution in [-0.4, -0.2) is 53.8 Å². The van der Waals surface area contributed by atoms with Gasteiger partial charge in [-0.15, -0.1) is 5.10 Å². The molecule has 1 amide bonds. The van der Waals surface area contributed by atoms with Crippen molar-refractivity contribution in [2.45, 2.75) is 29.7 Å². The molecule has 9 nitrogen and oxygen atoms in total. The van der Waals surface area contributed by atoms with Crippen LogP contribution < -0.4 is 10.5 Å². The van der Waals surface area contributed by atoms with E-state index in [1.807, 2.05) is 6.20 Å². The standard InChI is InChI=1S/C16H19N5O4S/c1-25-15-5-4-12(6-13(15)16(17)22)26(23,24)20-7-11(8-20)21-9-14(18-19-21)10-2-3-10/h4-6,9-11H,2-3,7-8H2,1H3,(H2,17,22). The molecule has 0 bridgehead atoms. The summed E-state index contributed by atoms with van der Waals surface area (Å²) in [6.07, 6.45) is 4.19. The molecular weight excluding hydrogens is 358 g/mol. The van der Waals surface area contributed by atoms with Crippen molar-refractivity contribution in [3.05, 3.63) is 35.7 Å². The van der Waals surface area contributed by atoms with Gasteiger partial charge in [0.15, 0.2) is 0 Å². The second-order valence-electron chi connectivity index (χ2n) is 6.60. The van der Waals surface area contributed by atoms with E-state index in [4.69, 9.17) is 10.5 Å². The lowest BCUT2D eigenvalue weighted by molar-refractivity contribution is 0.0997. The summed E-state index contributed by atoms with van der Waals surface area (Å²) in [4.78, 5) is 11.5. The molecule has 26 heavy (non-hydrogen) atoms. The minimum absolute atomic E-state index is 0.0165. The van der Waals surface area contributed by atoms with Crippen LogP contribution >= 0.6 is 0 Å². The average molecular weight is 377 g/mol. The predicted octanol–water partition coefficient (Wildman–Crippen LogP) is 0.509. The minimum atomic E-state index is -3.71. The van der Waals surface area contributed by atoms with Crippen molar-refractivity contribution in [2.24, 2.45) is 5.73 Å². The Morgan fingerprint density at radius 3 is 2.65 bits per heavy atom. The summed E-state index contributed by atoms with van der Waals surface area (Å²) in [6.45, 7) is 0.626. The van der Waals surface area contributed by atoms with Gasteiger partial charge in [-0.25, -0.2) is 13.1 Å². The quantitative estimate of drug-likeness (QED) is 0.783. The van der Waals surface area contributed by atoms with Crippen molar-refractivity contribution in [3.63, 3.8) is 0 Å². The molecule has 1 aliphatic heterocycles. The van der Waals surface area contributed by atoms with Gasteiger partial charge in [-0.3, -0.25) is 4.79 Å². The molecular formula is C16H19N5O4S. The SMILES string of the molecule is COc1ccc(S(=O)(=O)N2CC(n3cc(C4CC4)nn3)C2)cc1C(N)=O. The smallest absolute Gasteiger partial charge is 0.252 e. The van der Waals surface area contributed by atoms with Gasteiger partial charge in [0.2, 0.25) is 10.0 Å². The number of rotatable bonds is 6. The number of nitrogens with two attached hydrogens (primary N) is 1. The van der Waals surface area contributed by atoms with E-state index >= 15 is 0 Å². The monoisotopic (exact) mass is 377 g/mol. The third-order valence-corrected chi connectivity index (χ3v) is 6.63. The van der Waals surface area contributed by atoms with Crippen molar-refractivity contribution < 1.29 is 17.9 Å². The molecule has 4 rings (SSSR count). The molecule has 1 aromatic heterocycles. The molecule has 0 radical (unpaired) electrons. The molecule has 0 unspecified atom stereocenters. The molecule has 138 valence electrons. The Labute approximate surface area is 150 Å². The number of sulfonamides is 1. The van der Waals surface area contributed by atoms with Crippen LogP contribution in [-0.2, 0) is 10.0 Å². The number of methoxy groups -OCH3 is 1. The van der Waals surface area contributed by atoms with Gasteiger partial charge in [0.1, 0.15) is 5.75 Å². The minimum Gasteiger partial charge on any atom is -0.496 e. The molecule has 10 heteroatoms. The second-order valence-corrected chi connectivity index (χ2v) is 8.54. The molecule has 1 saturated heterocycles. The Bertz CT molecular complexity index is 961. The zero-order valence-electron chi connectivity index (χ0n) is 14.2. The van der Waals surface area contributed by atoms with Gasteiger partial charge < -0.3 is 10.5 Å². The maximum atomic E-state index is 12.8. The Morgan fingerprint density at radius 1 is 1.31 bits per heavy atom. The number of ether oxygens (including phenoxy) is 1. The fraction of sp³-hybridized carbons (Fsp3) is 0.438. The first kappa shape index (κ1) is 17.0. The predicted molar refractivity (Wildman–Crippen MR) is 91.3 cm³/mol. The molecule has 2 aliphatic rings. The van der Waals surface area contributed by atoms with Crippen LogP contribution in [0.5, 0.6) is 5.75 Å². The van der Waals surface area contributed by atoms with Crippen LogP contribution in [0.3, 0.4) is 0 Å². The van der Waals surface area contributed by atoms with Crippen LogP contribution in [0.1, 0.15) is 40.9 Å². The van der Waals surface area contributed by atoms with E-state index in [0.29, 0.717) is 19.0 Å². The molecule has 2 fully saturated rings. The Hall–Kier alpha value is -2.46. The van der Waals surface area contributed by atoms with E-state index in [9.17, 15) is 13.2 Å². The summed E-state index contributed by atoms with van der Waals surface area (Å²) in [7, 11) is -2.32. The summed E-state index contributed by atoms with van der Waals surface area (Å²) in [5.74, 6) is 0.0129. The molecule has 0 spiro atoms. The molecule has 2 heterocycles. The van der Waals surface area contributed by atoms with E-state index < -0.39 is 15.9 Å². The number of carbonyl (C=O) groups excluding carboxylic acids is 1. The maximum Gasteiger partial charge on any atom is 0.252 e. The van der Waals surface area contributed by atoms with Gasteiger partial charge in [0.25, 0.3) is 5.91 Å². The number of hydrogen-bond donors (Lipinski definition) is 1. The van der Waals surface area contributed by atoms with Gasteiger partial charge in [0.05, 0.1) is 29.3 Å². The fourth-order valence-corrected chi connectivity index (χ4v) is 4.55. The van der Waals surface area contributed by atoms with Gasteiger partial charge >= 0.3 is 0 Å². The molecule has 2 N–H and O–H groups in total. The largest absolute Gasteiger partial charge is 0.496 e. The molecule has 1 saturated carbocycles. The first-order valence-corrected chi connectivity index (χ1v) is 9.74. The highest BCUT2D eigenvalue weighted by Gasteiger charge is 2.39. The highest BCUT2D eigenvalue weighted by molar-refractivity contribution is 7.89. The second kappa shape index (κ2) is 6.06. The van der Waals surface area contributed by atoms with Crippen LogP contribution in [0.2, 0.25) is 0 Å². The van der Waals surface area contributed by atoms with Gasteiger partial charge in [-0.05, 0) is 31.0 Å². The van der Waals surface area contributed by atoms with Crippen molar-refractivity contribution in [3.8, 4) is 5.75 Å². The molecule has 1 aromatic carbocycles. The molecule has 2 aromatic rings. The Morgan fingerprint density at radius 2 is 2.04 bits per heavy atom. The zero-order valence-corrected chi connectivity index (χ0v) is 15.0. The fourth-order valence-electron chi connectivity index (χ4n) is 3.00. The van der Waals surface area contributed by atoms with Crippen molar-refractivity contribution in [1.82, 2.24) is 19.3 Å². The van der Waals surface area contributed by atoms with E-state index in [1.165, 1.54) is 29.6 Å². The number of carbonyl (C=O) groups is 1. The van der Waals surface area contributed by atoms with E-state index in [2.05, 4.69) is 10.3 Å². The number of primary amides is 1. The highest BCUT2D eigenvalue weighted by Crippen LogP contribution is 2.39. The van der Waals surface area contributed by atoms with E-state index in [1.54, 1.807) is 4.68 Å². The number of nitrogens with zero attached hydrogens (tertiary/aromatic N) is 4. The van der Waals surface area contributed by atoms with Crippen LogP contribution in [0.25, 0.3) is 0 Å². The summed E-state index contributed by atoms with van der Waals surface area (Å²) in [5, 5.41) is 8.27. The average Bonchev–Trinajstić information content (AvgIpc) is 3.31. The summed E-state index contributed by atoms with van der Waals surface area (Å²) in [6, 6.07) is 4.07. The van der Waals surface area contributed by atoms with Crippen LogP contribution in [0.15, 0.2) is 29.3 Å². The van der Waals surface area contributed by atoms with Gasteiger partial charge in [-0.2, -0.15) is 4.31 Å². The first-order valence-electron chi connectivity index (χ1n) is 8.30. The number of hydrogen-bond acceptors (Lipinski definition) is 6. The lowest BCUT2D eigenvalue weighted by Crippen LogP contribution is -2.50. The van der Waals surface area contributed by atoms with E-state index in [-0.39, 0.29) is 22.3 Å². The van der Waals surface area contributed by atoms with Crippen LogP contribution in [0.4, 0.5) is 0 Å². The van der Waals surface area contributed by atoms with E-state index in [0.717, 1.165) is 18.5 Å². The van der Waals surface area contributed by atoms with Crippen LogP contribution in [0, 0.1) is 0 Å². The first-order chi connectivity index (χ1) is 12.4. The maximum absolute atomic E-state index is 12.8. The summed E-state index contributed by atoms with van der Waals surface area (Å²) >= 11 is 0. The Kier molecular flexibility index (Phi) is 3.96. The normalized spacial score (nSPS) is 18.5. The number of amides is 1.